The van der Waals surface area contributed by atoms with E-state index in [1.54, 1.807) is 37.4 Å². The van der Waals surface area contributed by atoms with Crippen LogP contribution in [0.25, 0.3) is 0 Å². The number of ether oxygens (including phenoxy) is 1. The number of benzene rings is 1. The standard InChI is InChI=1S/C18H25N3O5/c1-18(2,3)15-9-16(20-26-15)21(4)17(24)19-12-5-7-14(8-6-12)25-11-13(23)10-22/h5-9,13,22-23H,10-11H2,1-4H3,(H,19,24). The fraction of sp³-hybridized carbons (Fsp3) is 0.444. The predicted molar refractivity (Wildman–Crippen MR) is 97.7 cm³/mol. The number of anilines is 2. The molecule has 8 heteroatoms. The number of amides is 2. The molecule has 0 fully saturated rings. The van der Waals surface area contributed by atoms with E-state index in [4.69, 9.17) is 14.4 Å². The van der Waals surface area contributed by atoms with Gasteiger partial charge in [-0.3, -0.25) is 4.90 Å². The van der Waals surface area contributed by atoms with E-state index < -0.39 is 6.10 Å². The van der Waals surface area contributed by atoms with Gasteiger partial charge in [0.25, 0.3) is 0 Å². The molecule has 3 N–H and O–H groups in total. The summed E-state index contributed by atoms with van der Waals surface area (Å²) in [5.74, 6) is 1.64. The monoisotopic (exact) mass is 363 g/mol. The number of hydrogen-bond donors (Lipinski definition) is 3. The summed E-state index contributed by atoms with van der Waals surface area (Å²) in [4.78, 5) is 13.7. The molecule has 142 valence electrons. The maximum absolute atomic E-state index is 12.4. The largest absolute Gasteiger partial charge is 0.491 e. The minimum Gasteiger partial charge on any atom is -0.491 e. The van der Waals surface area contributed by atoms with Crippen LogP contribution in [0.4, 0.5) is 16.3 Å². The molecule has 1 aromatic heterocycles. The molecule has 2 amide bonds. The lowest BCUT2D eigenvalue weighted by molar-refractivity contribution is 0.0536. The number of aromatic nitrogens is 1. The Morgan fingerprint density at radius 3 is 2.54 bits per heavy atom. The van der Waals surface area contributed by atoms with Crippen LogP contribution >= 0.6 is 0 Å². The zero-order chi connectivity index (χ0) is 19.3. The molecule has 26 heavy (non-hydrogen) atoms. The summed E-state index contributed by atoms with van der Waals surface area (Å²) in [6.45, 7) is 5.63. The normalized spacial score (nSPS) is 12.5. The van der Waals surface area contributed by atoms with Gasteiger partial charge in [-0.05, 0) is 24.3 Å². The van der Waals surface area contributed by atoms with E-state index in [1.807, 2.05) is 20.8 Å². The van der Waals surface area contributed by atoms with Gasteiger partial charge >= 0.3 is 6.03 Å². The van der Waals surface area contributed by atoms with Crippen LogP contribution < -0.4 is 15.0 Å². The first-order valence-electron chi connectivity index (χ1n) is 8.24. The minimum absolute atomic E-state index is 0.00673. The van der Waals surface area contributed by atoms with Gasteiger partial charge in [0.1, 0.15) is 24.2 Å². The van der Waals surface area contributed by atoms with Crippen LogP contribution in [0.5, 0.6) is 5.75 Å². The van der Waals surface area contributed by atoms with E-state index in [0.29, 0.717) is 23.0 Å². The summed E-state index contributed by atoms with van der Waals surface area (Å²) in [5.41, 5.74) is 0.388. The summed E-state index contributed by atoms with van der Waals surface area (Å²) >= 11 is 0. The SMILES string of the molecule is CN(C(=O)Nc1ccc(OCC(O)CO)cc1)c1cc(C(C)(C)C)on1. The van der Waals surface area contributed by atoms with E-state index in [-0.39, 0.29) is 24.7 Å². The number of rotatable bonds is 6. The first-order valence-corrected chi connectivity index (χ1v) is 8.24. The van der Waals surface area contributed by atoms with Gasteiger partial charge in [0, 0.05) is 24.2 Å². The lowest BCUT2D eigenvalue weighted by Gasteiger charge is -2.15. The van der Waals surface area contributed by atoms with E-state index in [1.165, 1.54) is 4.90 Å². The van der Waals surface area contributed by atoms with Crippen LogP contribution in [-0.4, -0.2) is 47.8 Å². The highest BCUT2D eigenvalue weighted by atomic mass is 16.5. The van der Waals surface area contributed by atoms with Gasteiger partial charge in [-0.25, -0.2) is 4.79 Å². The molecule has 0 spiro atoms. The first kappa shape index (κ1) is 19.7. The third kappa shape index (κ3) is 5.21. The maximum atomic E-state index is 12.4. The molecule has 0 saturated heterocycles. The van der Waals surface area contributed by atoms with Crippen LogP contribution in [0, 0.1) is 0 Å². The quantitative estimate of drug-likeness (QED) is 0.727. The highest BCUT2D eigenvalue weighted by Crippen LogP contribution is 2.26. The topological polar surface area (TPSA) is 108 Å². The Labute approximate surface area is 152 Å². The van der Waals surface area contributed by atoms with E-state index in [0.717, 1.165) is 0 Å². The lowest BCUT2D eigenvalue weighted by Crippen LogP contribution is -2.31. The summed E-state index contributed by atoms with van der Waals surface area (Å²) < 4.78 is 10.6. The van der Waals surface area contributed by atoms with Gasteiger partial charge in [-0.15, -0.1) is 0 Å². The van der Waals surface area contributed by atoms with Crippen molar-refractivity contribution in [1.82, 2.24) is 5.16 Å². The number of aliphatic hydroxyl groups is 2. The Kier molecular flexibility index (Phi) is 6.23. The van der Waals surface area contributed by atoms with E-state index in [2.05, 4.69) is 10.5 Å². The third-order valence-electron chi connectivity index (χ3n) is 3.64. The fourth-order valence-electron chi connectivity index (χ4n) is 1.97. The Morgan fingerprint density at radius 1 is 1.35 bits per heavy atom. The average Bonchev–Trinajstić information content (AvgIpc) is 3.10. The van der Waals surface area contributed by atoms with Crippen molar-refractivity contribution in [3.05, 3.63) is 36.1 Å². The molecule has 1 heterocycles. The van der Waals surface area contributed by atoms with Gasteiger partial charge in [0.15, 0.2) is 5.82 Å². The Balaban J connectivity index is 1.95. The molecule has 0 aliphatic heterocycles. The highest BCUT2D eigenvalue weighted by Gasteiger charge is 2.22. The average molecular weight is 363 g/mol. The van der Waals surface area contributed by atoms with Crippen molar-refractivity contribution < 1.29 is 24.3 Å². The van der Waals surface area contributed by atoms with Crippen molar-refractivity contribution in [2.45, 2.75) is 32.3 Å². The lowest BCUT2D eigenvalue weighted by atomic mass is 9.93. The first-order chi connectivity index (χ1) is 12.2. The molecular weight excluding hydrogens is 338 g/mol. The van der Waals surface area contributed by atoms with Gasteiger partial charge in [-0.2, -0.15) is 0 Å². The Bertz CT molecular complexity index is 721. The number of nitrogens with one attached hydrogen (secondary N) is 1. The van der Waals surface area contributed by atoms with Gasteiger partial charge in [0.05, 0.1) is 6.61 Å². The highest BCUT2D eigenvalue weighted by molar-refractivity contribution is 6.00. The van der Waals surface area contributed by atoms with Crippen LogP contribution in [0.3, 0.4) is 0 Å². The van der Waals surface area contributed by atoms with Crippen molar-refractivity contribution >= 4 is 17.5 Å². The second kappa shape index (κ2) is 8.20. The second-order valence-corrected chi connectivity index (χ2v) is 6.96. The van der Waals surface area contributed by atoms with Gasteiger partial charge in [-0.1, -0.05) is 25.9 Å². The number of carbonyl (C=O) groups excluding carboxylic acids is 1. The molecule has 1 atom stereocenters. The van der Waals surface area contributed by atoms with E-state index in [9.17, 15) is 9.90 Å². The predicted octanol–water partition coefficient (Wildman–Crippen LogP) is 2.37. The molecule has 2 rings (SSSR count). The van der Waals surface area contributed by atoms with Crippen molar-refractivity contribution in [3.63, 3.8) is 0 Å². The van der Waals surface area contributed by atoms with Gasteiger partial charge < -0.3 is 24.8 Å². The smallest absolute Gasteiger partial charge is 0.327 e. The minimum atomic E-state index is -0.927. The third-order valence-corrected chi connectivity index (χ3v) is 3.64. The Morgan fingerprint density at radius 2 is 2.00 bits per heavy atom. The molecule has 0 aliphatic rings. The Hall–Kier alpha value is -2.58. The summed E-state index contributed by atoms with van der Waals surface area (Å²) in [6.07, 6.45) is -0.927. The number of hydrogen-bond acceptors (Lipinski definition) is 6. The molecule has 0 aliphatic carbocycles. The molecule has 0 saturated carbocycles. The zero-order valence-corrected chi connectivity index (χ0v) is 15.4. The van der Waals surface area contributed by atoms with Crippen LogP contribution in [0.15, 0.2) is 34.9 Å². The van der Waals surface area contributed by atoms with Crippen molar-refractivity contribution in [2.24, 2.45) is 0 Å². The summed E-state index contributed by atoms with van der Waals surface area (Å²) in [6, 6.07) is 8.05. The maximum Gasteiger partial charge on any atom is 0.327 e. The van der Waals surface area contributed by atoms with E-state index >= 15 is 0 Å². The number of nitrogens with zero attached hydrogens (tertiary/aromatic N) is 2. The van der Waals surface area contributed by atoms with Crippen LogP contribution in [-0.2, 0) is 5.41 Å². The molecule has 0 bridgehead atoms. The summed E-state index contributed by atoms with van der Waals surface area (Å²) in [5, 5.41) is 24.7. The molecule has 8 nitrogen and oxygen atoms in total. The van der Waals surface area contributed by atoms with Gasteiger partial charge in [0.2, 0.25) is 0 Å². The van der Waals surface area contributed by atoms with Crippen LogP contribution in [0.2, 0.25) is 0 Å². The second-order valence-electron chi connectivity index (χ2n) is 6.96. The molecule has 1 unspecified atom stereocenters. The number of urea groups is 1. The fourth-order valence-corrected chi connectivity index (χ4v) is 1.97. The van der Waals surface area contributed by atoms with Crippen molar-refractivity contribution in [1.29, 1.82) is 0 Å². The molecule has 0 radical (unpaired) electrons. The zero-order valence-electron chi connectivity index (χ0n) is 15.4. The number of carbonyl (C=O) groups is 1. The van der Waals surface area contributed by atoms with Crippen molar-refractivity contribution in [2.75, 3.05) is 30.5 Å². The van der Waals surface area contributed by atoms with Crippen LogP contribution in [0.1, 0.15) is 26.5 Å². The molecule has 1 aromatic carbocycles. The summed E-state index contributed by atoms with van der Waals surface area (Å²) in [7, 11) is 1.60. The molecular formula is C18H25N3O5. The van der Waals surface area contributed by atoms with Crippen molar-refractivity contribution in [3.8, 4) is 5.75 Å². The number of aliphatic hydroxyl groups excluding tert-OH is 2. The molecule has 2 aromatic rings.